The molecule has 0 spiro atoms. The first-order chi connectivity index (χ1) is 16.5. The molecule has 1 amide bonds. The Balaban J connectivity index is 1.27. The first kappa shape index (κ1) is 21.5. The predicted octanol–water partition coefficient (Wildman–Crippen LogP) is 1.66. The van der Waals surface area contributed by atoms with Crippen molar-refractivity contribution >= 4 is 34.3 Å². The molecule has 0 bridgehead atoms. The number of aryl methyl sites for hydroxylation is 1. The summed E-state index contributed by atoms with van der Waals surface area (Å²) in [5.41, 5.74) is 6.74. The molecule has 2 atom stereocenters. The number of carbonyl (C=O) groups is 1. The number of nitrogens with zero attached hydrogens (tertiary/aromatic N) is 4. The smallest absolute Gasteiger partial charge is 0.404 e. The van der Waals surface area contributed by atoms with Crippen molar-refractivity contribution in [1.82, 2.24) is 9.97 Å². The summed E-state index contributed by atoms with van der Waals surface area (Å²) in [5, 5.41) is 3.49. The minimum absolute atomic E-state index is 0.167. The van der Waals surface area contributed by atoms with Crippen LogP contribution in [0.15, 0.2) is 29.2 Å². The number of hydrogen-bond acceptors (Lipinski definition) is 9. The summed E-state index contributed by atoms with van der Waals surface area (Å²) in [7, 11) is -1.15. The molecule has 3 N–H and O–H groups in total. The van der Waals surface area contributed by atoms with E-state index in [1.54, 1.807) is 0 Å². The molecule has 1 aliphatic carbocycles. The van der Waals surface area contributed by atoms with Gasteiger partial charge in [-0.1, -0.05) is 12.1 Å². The van der Waals surface area contributed by atoms with Gasteiger partial charge in [-0.05, 0) is 31.4 Å². The number of hydrogen-bond donors (Lipinski definition) is 2. The second-order valence-electron chi connectivity index (χ2n) is 9.39. The normalized spacial score (nSPS) is 24.2. The van der Waals surface area contributed by atoms with E-state index in [1.165, 1.54) is 0 Å². The molecule has 6 rings (SSSR count). The van der Waals surface area contributed by atoms with Crippen LogP contribution in [0.4, 0.5) is 22.2 Å². The number of amides is 1. The van der Waals surface area contributed by atoms with Crippen molar-refractivity contribution in [2.75, 3.05) is 53.7 Å². The summed E-state index contributed by atoms with van der Waals surface area (Å²) >= 11 is 0. The number of nitrogens with one attached hydrogen (secondary N) is 1. The van der Waals surface area contributed by atoms with Crippen LogP contribution in [0.1, 0.15) is 25.0 Å². The van der Waals surface area contributed by atoms with E-state index in [2.05, 4.69) is 21.2 Å². The molecular weight excluding hydrogens is 456 g/mol. The summed E-state index contributed by atoms with van der Waals surface area (Å²) in [6.07, 6.45) is 2.55. The molecule has 2 aromatic rings. The average Bonchev–Trinajstić information content (AvgIpc) is 3.21. The van der Waals surface area contributed by atoms with Gasteiger partial charge in [0.15, 0.2) is 0 Å². The van der Waals surface area contributed by atoms with Gasteiger partial charge in [0.05, 0.1) is 33.8 Å². The lowest BCUT2D eigenvalue weighted by molar-refractivity contribution is 0.101. The van der Waals surface area contributed by atoms with E-state index in [0.717, 1.165) is 56.0 Å². The molecule has 4 aliphatic rings. The molecule has 2 fully saturated rings. The summed E-state index contributed by atoms with van der Waals surface area (Å²) in [5.74, 6) is 2.72. The highest BCUT2D eigenvalue weighted by Crippen LogP contribution is 2.40. The van der Waals surface area contributed by atoms with Crippen molar-refractivity contribution < 1.29 is 18.5 Å². The van der Waals surface area contributed by atoms with Crippen LogP contribution in [-0.2, 0) is 22.0 Å². The summed E-state index contributed by atoms with van der Waals surface area (Å²) in [6, 6.07) is 8.35. The lowest BCUT2D eigenvalue weighted by Gasteiger charge is -2.45. The monoisotopic (exact) mass is 484 g/mol. The van der Waals surface area contributed by atoms with E-state index in [0.29, 0.717) is 35.4 Å². The molecule has 1 aromatic heterocycles. The Labute approximate surface area is 200 Å². The molecule has 0 radical (unpaired) electrons. The number of benzene rings is 1. The fourth-order valence-corrected chi connectivity index (χ4v) is 6.58. The Bertz CT molecular complexity index is 1160. The first-order valence-electron chi connectivity index (χ1n) is 11.7. The minimum atomic E-state index is -1.15. The average molecular weight is 485 g/mol. The topological polar surface area (TPSA) is 123 Å². The number of para-hydroxylation sites is 2. The second kappa shape index (κ2) is 8.30. The standard InChI is InChI=1S/C23H28N6O4S/c24-21(30)33-14-23(7-3-8-23)27-20-19-16(6-11-34(19)31)25-22(26-20)28-9-10-29-15(12-28)13-32-18-5-2-1-4-17(18)29/h1-2,4-5,15H,3,6-14H2,(H2,24,30)(H,25,26,27)/t15-,34+/m0/s1. The summed E-state index contributed by atoms with van der Waals surface area (Å²) in [6.45, 7) is 3.14. The van der Waals surface area contributed by atoms with Crippen molar-refractivity contribution in [3.63, 3.8) is 0 Å². The van der Waals surface area contributed by atoms with E-state index >= 15 is 0 Å². The van der Waals surface area contributed by atoms with Crippen LogP contribution < -0.4 is 25.6 Å². The number of anilines is 3. The maximum absolute atomic E-state index is 12.8. The number of primary amides is 1. The first-order valence-corrected chi connectivity index (χ1v) is 13.1. The Hall–Kier alpha value is -3.08. The van der Waals surface area contributed by atoms with Crippen LogP contribution in [0.25, 0.3) is 0 Å². The molecule has 0 unspecified atom stereocenters. The number of ether oxygens (including phenoxy) is 2. The van der Waals surface area contributed by atoms with Crippen LogP contribution in [0.5, 0.6) is 5.75 Å². The van der Waals surface area contributed by atoms with Gasteiger partial charge in [-0.25, -0.2) is 9.78 Å². The Morgan fingerprint density at radius 2 is 2.15 bits per heavy atom. The van der Waals surface area contributed by atoms with Gasteiger partial charge >= 0.3 is 6.09 Å². The number of nitrogens with two attached hydrogens (primary N) is 1. The van der Waals surface area contributed by atoms with E-state index in [9.17, 15) is 9.00 Å². The van der Waals surface area contributed by atoms with Crippen molar-refractivity contribution in [1.29, 1.82) is 0 Å². The quantitative estimate of drug-likeness (QED) is 0.652. The summed E-state index contributed by atoms with van der Waals surface area (Å²) in [4.78, 5) is 26.2. The molecule has 11 heteroatoms. The number of piperazine rings is 1. The van der Waals surface area contributed by atoms with Crippen molar-refractivity contribution in [2.45, 2.75) is 42.2 Å². The predicted molar refractivity (Wildman–Crippen MR) is 128 cm³/mol. The third-order valence-corrected chi connectivity index (χ3v) is 8.69. The van der Waals surface area contributed by atoms with Gasteiger partial charge in [-0.2, -0.15) is 4.98 Å². The molecule has 1 aromatic carbocycles. The van der Waals surface area contributed by atoms with Gasteiger partial charge in [-0.3, -0.25) is 4.21 Å². The number of aromatic nitrogens is 2. The molecule has 180 valence electrons. The molecule has 4 heterocycles. The maximum Gasteiger partial charge on any atom is 0.404 e. The van der Waals surface area contributed by atoms with Gasteiger partial charge in [0, 0.05) is 31.8 Å². The largest absolute Gasteiger partial charge is 0.489 e. The molecule has 1 saturated carbocycles. The Morgan fingerprint density at radius 1 is 1.29 bits per heavy atom. The van der Waals surface area contributed by atoms with Crippen LogP contribution in [0, 0.1) is 0 Å². The van der Waals surface area contributed by atoms with E-state index in [4.69, 9.17) is 25.2 Å². The lowest BCUT2D eigenvalue weighted by Crippen LogP contribution is -2.57. The van der Waals surface area contributed by atoms with Gasteiger partial charge in [0.25, 0.3) is 0 Å². The fraction of sp³-hybridized carbons (Fsp3) is 0.522. The molecular formula is C23H28N6O4S. The highest BCUT2D eigenvalue weighted by Gasteiger charge is 2.41. The zero-order chi connectivity index (χ0) is 23.3. The maximum atomic E-state index is 12.8. The molecule has 10 nitrogen and oxygen atoms in total. The fourth-order valence-electron chi connectivity index (χ4n) is 5.28. The molecule has 3 aliphatic heterocycles. The van der Waals surface area contributed by atoms with Crippen molar-refractivity contribution in [3.05, 3.63) is 30.0 Å². The highest BCUT2D eigenvalue weighted by atomic mass is 32.2. The Morgan fingerprint density at radius 3 is 2.94 bits per heavy atom. The zero-order valence-corrected chi connectivity index (χ0v) is 19.7. The zero-order valence-electron chi connectivity index (χ0n) is 18.9. The Kier molecular flexibility index (Phi) is 5.23. The molecule has 34 heavy (non-hydrogen) atoms. The van der Waals surface area contributed by atoms with E-state index in [1.807, 2.05) is 18.2 Å². The third-order valence-electron chi connectivity index (χ3n) is 7.23. The van der Waals surface area contributed by atoms with Gasteiger partial charge < -0.3 is 30.3 Å². The minimum Gasteiger partial charge on any atom is -0.489 e. The van der Waals surface area contributed by atoms with E-state index in [-0.39, 0.29) is 12.6 Å². The SMILES string of the molecule is NC(=O)OCC1(Nc2nc(N3CCN4c5ccccc5OC[C@@H]4C3)nc3c2[S@](=O)CC3)CCC1. The van der Waals surface area contributed by atoms with Gasteiger partial charge in [0.1, 0.15) is 29.7 Å². The lowest BCUT2D eigenvalue weighted by atomic mass is 9.77. The third kappa shape index (κ3) is 3.71. The van der Waals surface area contributed by atoms with Gasteiger partial charge in [0.2, 0.25) is 5.95 Å². The van der Waals surface area contributed by atoms with Crippen LogP contribution in [0.2, 0.25) is 0 Å². The van der Waals surface area contributed by atoms with Crippen molar-refractivity contribution in [3.8, 4) is 5.75 Å². The van der Waals surface area contributed by atoms with Crippen molar-refractivity contribution in [2.24, 2.45) is 5.73 Å². The van der Waals surface area contributed by atoms with Crippen LogP contribution >= 0.6 is 0 Å². The van der Waals surface area contributed by atoms with Crippen LogP contribution in [0.3, 0.4) is 0 Å². The number of fused-ring (bicyclic) bond motifs is 4. The highest BCUT2D eigenvalue weighted by molar-refractivity contribution is 7.85. The molecule has 1 saturated heterocycles. The number of rotatable bonds is 5. The van der Waals surface area contributed by atoms with E-state index < -0.39 is 22.4 Å². The van der Waals surface area contributed by atoms with Crippen LogP contribution in [-0.4, -0.2) is 70.5 Å². The van der Waals surface area contributed by atoms with Gasteiger partial charge in [-0.15, -0.1) is 0 Å². The number of carbonyl (C=O) groups excluding carboxylic acids is 1. The summed E-state index contributed by atoms with van der Waals surface area (Å²) < 4.78 is 23.9. The second-order valence-corrected chi connectivity index (χ2v) is 10.9.